The van der Waals surface area contributed by atoms with E-state index in [9.17, 15) is 0 Å². The fourth-order valence-corrected chi connectivity index (χ4v) is 1.67. The first-order valence-electron chi connectivity index (χ1n) is 4.30. The van der Waals surface area contributed by atoms with Crippen LogP contribution in [0.5, 0.6) is 5.75 Å². The second-order valence-electron chi connectivity index (χ2n) is 3.21. The van der Waals surface area contributed by atoms with E-state index in [2.05, 4.69) is 0 Å². The Kier molecular flexibility index (Phi) is 4.05. The molecule has 0 aromatic heterocycles. The molecule has 1 N–H and O–H groups in total. The number of rotatable bonds is 3. The van der Waals surface area contributed by atoms with Crippen LogP contribution in [0, 0.1) is 0 Å². The Morgan fingerprint density at radius 2 is 1.79 bits per heavy atom. The molecule has 0 atom stereocenters. The van der Waals surface area contributed by atoms with Gasteiger partial charge in [-0.1, -0.05) is 23.2 Å². The van der Waals surface area contributed by atoms with Crippen LogP contribution < -0.4 is 4.74 Å². The van der Waals surface area contributed by atoms with Crippen LogP contribution in [0.25, 0.3) is 0 Å². The molecule has 1 aromatic carbocycles. The van der Waals surface area contributed by atoms with Gasteiger partial charge in [-0.25, -0.2) is 0 Å². The van der Waals surface area contributed by atoms with Crippen LogP contribution >= 0.6 is 23.2 Å². The Hall–Kier alpha value is -0.440. The van der Waals surface area contributed by atoms with E-state index in [0.29, 0.717) is 21.4 Å². The Labute approximate surface area is 93.4 Å². The van der Waals surface area contributed by atoms with E-state index in [4.69, 9.17) is 33.0 Å². The number of ether oxygens (including phenoxy) is 1. The zero-order chi connectivity index (χ0) is 10.7. The highest BCUT2D eigenvalue weighted by atomic mass is 35.5. The van der Waals surface area contributed by atoms with Crippen molar-refractivity contribution in [3.63, 3.8) is 0 Å². The van der Waals surface area contributed by atoms with Crippen molar-refractivity contribution in [2.45, 2.75) is 26.6 Å². The van der Waals surface area contributed by atoms with Gasteiger partial charge >= 0.3 is 0 Å². The number of hydrogen-bond donors (Lipinski definition) is 1. The third-order valence-electron chi connectivity index (χ3n) is 1.59. The smallest absolute Gasteiger partial charge is 0.156 e. The largest absolute Gasteiger partial charge is 0.488 e. The number of aliphatic hydroxyl groups is 1. The molecule has 1 rings (SSSR count). The molecule has 14 heavy (non-hydrogen) atoms. The molecule has 0 saturated carbocycles. The van der Waals surface area contributed by atoms with Crippen molar-refractivity contribution in [2.24, 2.45) is 0 Å². The highest BCUT2D eigenvalue weighted by molar-refractivity contribution is 6.37. The molecule has 0 fully saturated rings. The quantitative estimate of drug-likeness (QED) is 0.871. The van der Waals surface area contributed by atoms with Gasteiger partial charge in [0.15, 0.2) is 5.75 Å². The minimum atomic E-state index is -0.0819. The van der Waals surface area contributed by atoms with Gasteiger partial charge in [-0.05, 0) is 31.5 Å². The molecule has 2 nitrogen and oxygen atoms in total. The maximum Gasteiger partial charge on any atom is 0.156 e. The second-order valence-corrected chi connectivity index (χ2v) is 4.03. The summed E-state index contributed by atoms with van der Waals surface area (Å²) in [6, 6.07) is 3.29. The Morgan fingerprint density at radius 3 is 2.14 bits per heavy atom. The molecule has 0 saturated heterocycles. The van der Waals surface area contributed by atoms with E-state index in [0.717, 1.165) is 0 Å². The molecule has 0 aliphatic carbocycles. The lowest BCUT2D eigenvalue weighted by molar-refractivity contribution is 0.242. The van der Waals surface area contributed by atoms with Crippen LogP contribution in [0.1, 0.15) is 19.4 Å². The lowest BCUT2D eigenvalue weighted by Crippen LogP contribution is -2.06. The van der Waals surface area contributed by atoms with E-state index < -0.39 is 0 Å². The molecule has 1 aromatic rings. The third-order valence-corrected chi connectivity index (χ3v) is 2.16. The van der Waals surface area contributed by atoms with Crippen LogP contribution in [-0.4, -0.2) is 11.2 Å². The van der Waals surface area contributed by atoms with E-state index in [1.165, 1.54) is 0 Å². The molecule has 0 bridgehead atoms. The van der Waals surface area contributed by atoms with Crippen molar-refractivity contribution in [3.8, 4) is 5.75 Å². The van der Waals surface area contributed by atoms with E-state index in [1.54, 1.807) is 12.1 Å². The molecule has 0 amide bonds. The van der Waals surface area contributed by atoms with Crippen LogP contribution in [0.3, 0.4) is 0 Å². The maximum atomic E-state index is 8.90. The zero-order valence-corrected chi connectivity index (χ0v) is 9.56. The molecule has 4 heteroatoms. The van der Waals surface area contributed by atoms with Gasteiger partial charge in [0.05, 0.1) is 22.8 Å². The Balaban J connectivity index is 3.05. The minimum absolute atomic E-state index is 0.0185. The molecule has 0 spiro atoms. The third kappa shape index (κ3) is 2.77. The average molecular weight is 235 g/mol. The average Bonchev–Trinajstić information content (AvgIpc) is 2.10. The lowest BCUT2D eigenvalue weighted by Gasteiger charge is -2.13. The van der Waals surface area contributed by atoms with Crippen molar-refractivity contribution in [2.75, 3.05) is 0 Å². The summed E-state index contributed by atoms with van der Waals surface area (Å²) in [7, 11) is 0. The molecule has 0 aliphatic heterocycles. The van der Waals surface area contributed by atoms with Crippen molar-refractivity contribution >= 4 is 23.2 Å². The monoisotopic (exact) mass is 234 g/mol. The zero-order valence-electron chi connectivity index (χ0n) is 8.05. The molecular weight excluding hydrogens is 223 g/mol. The van der Waals surface area contributed by atoms with Gasteiger partial charge in [-0.15, -0.1) is 0 Å². The van der Waals surface area contributed by atoms with Gasteiger partial charge in [0, 0.05) is 0 Å². The lowest BCUT2D eigenvalue weighted by atomic mass is 10.2. The highest BCUT2D eigenvalue weighted by Gasteiger charge is 2.10. The molecule has 0 unspecified atom stereocenters. The summed E-state index contributed by atoms with van der Waals surface area (Å²) in [5, 5.41) is 9.75. The van der Waals surface area contributed by atoms with E-state index >= 15 is 0 Å². The predicted octanol–water partition coefficient (Wildman–Crippen LogP) is 3.27. The SMILES string of the molecule is CC(C)Oc1c(Cl)cc(CO)cc1Cl. The fraction of sp³-hybridized carbons (Fsp3) is 0.400. The molecule has 0 aliphatic rings. The summed E-state index contributed by atoms with van der Waals surface area (Å²) in [5.41, 5.74) is 0.677. The first kappa shape index (κ1) is 11.6. The first-order valence-corrected chi connectivity index (χ1v) is 5.05. The summed E-state index contributed by atoms with van der Waals surface area (Å²) in [6.45, 7) is 3.71. The minimum Gasteiger partial charge on any atom is -0.488 e. The standard InChI is InChI=1S/C10H12Cl2O2/c1-6(2)14-10-8(11)3-7(5-13)4-9(10)12/h3-4,6,13H,5H2,1-2H3. The molecule has 0 heterocycles. The van der Waals surface area contributed by atoms with Crippen molar-refractivity contribution in [1.29, 1.82) is 0 Å². The highest BCUT2D eigenvalue weighted by Crippen LogP contribution is 2.34. The van der Waals surface area contributed by atoms with Crippen LogP contribution in [0.2, 0.25) is 10.0 Å². The van der Waals surface area contributed by atoms with Gasteiger partial charge in [-0.2, -0.15) is 0 Å². The van der Waals surface area contributed by atoms with Gasteiger partial charge in [0.1, 0.15) is 0 Å². The number of hydrogen-bond acceptors (Lipinski definition) is 2. The molecule has 78 valence electrons. The second kappa shape index (κ2) is 4.87. The van der Waals surface area contributed by atoms with Crippen molar-refractivity contribution in [3.05, 3.63) is 27.7 Å². The van der Waals surface area contributed by atoms with Crippen LogP contribution in [-0.2, 0) is 6.61 Å². The van der Waals surface area contributed by atoms with Gasteiger partial charge in [-0.3, -0.25) is 0 Å². The number of aliphatic hydroxyl groups excluding tert-OH is 1. The Morgan fingerprint density at radius 1 is 1.29 bits per heavy atom. The summed E-state index contributed by atoms with van der Waals surface area (Å²) in [6.07, 6.45) is 0.0185. The maximum absolute atomic E-state index is 8.90. The van der Waals surface area contributed by atoms with E-state index in [1.807, 2.05) is 13.8 Å². The molecule has 0 radical (unpaired) electrons. The normalized spacial score (nSPS) is 10.7. The Bertz CT molecular complexity index is 301. The summed E-state index contributed by atoms with van der Waals surface area (Å²) >= 11 is 11.9. The predicted molar refractivity (Wildman–Crippen MR) is 58.1 cm³/mol. The summed E-state index contributed by atoms with van der Waals surface area (Å²) < 4.78 is 5.43. The van der Waals surface area contributed by atoms with Gasteiger partial charge in [0.2, 0.25) is 0 Å². The van der Waals surface area contributed by atoms with Crippen molar-refractivity contribution in [1.82, 2.24) is 0 Å². The first-order chi connectivity index (χ1) is 6.54. The van der Waals surface area contributed by atoms with Gasteiger partial charge < -0.3 is 9.84 Å². The van der Waals surface area contributed by atoms with E-state index in [-0.39, 0.29) is 12.7 Å². The van der Waals surface area contributed by atoms with Crippen LogP contribution in [0.15, 0.2) is 12.1 Å². The number of benzene rings is 1. The van der Waals surface area contributed by atoms with Crippen molar-refractivity contribution < 1.29 is 9.84 Å². The molecular formula is C10H12Cl2O2. The fourth-order valence-electron chi connectivity index (χ4n) is 1.05. The summed E-state index contributed by atoms with van der Waals surface area (Å²) in [4.78, 5) is 0. The van der Waals surface area contributed by atoms with Gasteiger partial charge in [0.25, 0.3) is 0 Å². The topological polar surface area (TPSA) is 29.5 Å². The summed E-state index contributed by atoms with van der Waals surface area (Å²) in [5.74, 6) is 0.473. The number of halogens is 2. The van der Waals surface area contributed by atoms with Crippen LogP contribution in [0.4, 0.5) is 0 Å².